The van der Waals surface area contributed by atoms with E-state index >= 15 is 0 Å². The second kappa shape index (κ2) is 6.64. The van der Waals surface area contributed by atoms with Gasteiger partial charge in [0.15, 0.2) is 0 Å². The molecule has 0 radical (unpaired) electrons. The maximum atomic E-state index is 12.2. The summed E-state index contributed by atoms with van der Waals surface area (Å²) in [5, 5.41) is 0. The second-order valence-electron chi connectivity index (χ2n) is 7.00. The van der Waals surface area contributed by atoms with Crippen molar-refractivity contribution < 1.29 is 14.3 Å². The van der Waals surface area contributed by atoms with Gasteiger partial charge >= 0.3 is 6.09 Å². The van der Waals surface area contributed by atoms with Crippen molar-refractivity contribution in [2.75, 3.05) is 13.1 Å². The number of nitrogens with two attached hydrogens (primary N) is 1. The Balaban J connectivity index is 2.71. The standard InChI is InChI=1S/C15H29N3O3/c1-10(2)18(13(19)11(3)16)12-7-8-17(9-12)14(20)21-15(4,5)6/h10-12H,7-9,16H2,1-6H3/t11-,12+/m0/s1. The highest BCUT2D eigenvalue weighted by Gasteiger charge is 2.36. The van der Waals surface area contributed by atoms with E-state index in [0.717, 1.165) is 6.42 Å². The van der Waals surface area contributed by atoms with Gasteiger partial charge in [-0.05, 0) is 48.0 Å². The van der Waals surface area contributed by atoms with Gasteiger partial charge in [-0.25, -0.2) is 4.79 Å². The molecule has 2 N–H and O–H groups in total. The zero-order valence-corrected chi connectivity index (χ0v) is 14.0. The van der Waals surface area contributed by atoms with Crippen molar-refractivity contribution >= 4 is 12.0 Å². The summed E-state index contributed by atoms with van der Waals surface area (Å²) in [6.45, 7) is 12.3. The topological polar surface area (TPSA) is 75.9 Å². The van der Waals surface area contributed by atoms with E-state index in [9.17, 15) is 9.59 Å². The zero-order chi connectivity index (χ0) is 16.4. The summed E-state index contributed by atoms with van der Waals surface area (Å²) in [5.41, 5.74) is 5.22. The van der Waals surface area contributed by atoms with Crippen LogP contribution in [0.25, 0.3) is 0 Å². The largest absolute Gasteiger partial charge is 0.444 e. The minimum absolute atomic E-state index is 0.0102. The number of rotatable bonds is 3. The highest BCUT2D eigenvalue weighted by molar-refractivity contribution is 5.82. The van der Waals surface area contributed by atoms with Crippen LogP contribution in [0.3, 0.4) is 0 Å². The molecule has 2 amide bonds. The molecule has 0 unspecified atom stereocenters. The Hall–Kier alpha value is -1.30. The average molecular weight is 299 g/mol. The molecular formula is C15H29N3O3. The smallest absolute Gasteiger partial charge is 0.410 e. The molecule has 1 aliphatic rings. The third-order valence-electron chi connectivity index (χ3n) is 3.41. The van der Waals surface area contributed by atoms with Crippen LogP contribution in [0.2, 0.25) is 0 Å². The van der Waals surface area contributed by atoms with Gasteiger partial charge in [-0.1, -0.05) is 0 Å². The first-order valence-corrected chi connectivity index (χ1v) is 7.58. The zero-order valence-electron chi connectivity index (χ0n) is 14.0. The molecule has 6 nitrogen and oxygen atoms in total. The monoisotopic (exact) mass is 299 g/mol. The molecule has 1 fully saturated rings. The Kier molecular flexibility index (Phi) is 5.61. The molecule has 0 spiro atoms. The van der Waals surface area contributed by atoms with Crippen LogP contribution in [0.5, 0.6) is 0 Å². The quantitative estimate of drug-likeness (QED) is 0.858. The van der Waals surface area contributed by atoms with E-state index < -0.39 is 11.6 Å². The Bertz CT molecular complexity index is 388. The Morgan fingerprint density at radius 1 is 1.29 bits per heavy atom. The molecule has 1 aliphatic heterocycles. The molecule has 122 valence electrons. The van der Waals surface area contributed by atoms with E-state index in [0.29, 0.717) is 13.1 Å². The summed E-state index contributed by atoms with van der Waals surface area (Å²) in [6, 6.07) is -0.453. The molecule has 0 bridgehead atoms. The molecule has 2 atom stereocenters. The lowest BCUT2D eigenvalue weighted by atomic mass is 10.1. The number of ether oxygens (including phenoxy) is 1. The molecule has 0 aromatic carbocycles. The fourth-order valence-corrected chi connectivity index (χ4v) is 2.55. The summed E-state index contributed by atoms with van der Waals surface area (Å²) < 4.78 is 5.38. The number of likely N-dealkylation sites (tertiary alicyclic amines) is 1. The second-order valence-corrected chi connectivity index (χ2v) is 7.00. The highest BCUT2D eigenvalue weighted by Crippen LogP contribution is 2.21. The minimum atomic E-state index is -0.525. The van der Waals surface area contributed by atoms with Crippen LogP contribution < -0.4 is 5.73 Å². The van der Waals surface area contributed by atoms with Crippen LogP contribution in [0.15, 0.2) is 0 Å². The maximum absolute atomic E-state index is 12.2. The Morgan fingerprint density at radius 2 is 1.86 bits per heavy atom. The van der Waals surface area contributed by atoms with Crippen molar-refractivity contribution in [1.29, 1.82) is 0 Å². The van der Waals surface area contributed by atoms with Crippen LogP contribution in [0.4, 0.5) is 4.79 Å². The number of carbonyl (C=O) groups excluding carboxylic acids is 2. The van der Waals surface area contributed by atoms with E-state index in [2.05, 4.69) is 0 Å². The summed E-state index contributed by atoms with van der Waals surface area (Å²) in [7, 11) is 0. The lowest BCUT2D eigenvalue weighted by molar-refractivity contribution is -0.136. The van der Waals surface area contributed by atoms with Crippen molar-refractivity contribution in [3.63, 3.8) is 0 Å². The fourth-order valence-electron chi connectivity index (χ4n) is 2.55. The average Bonchev–Trinajstić information content (AvgIpc) is 2.75. The molecule has 0 aliphatic carbocycles. The highest BCUT2D eigenvalue weighted by atomic mass is 16.6. The molecular weight excluding hydrogens is 270 g/mol. The first kappa shape index (κ1) is 17.8. The van der Waals surface area contributed by atoms with E-state index in [1.54, 1.807) is 16.7 Å². The summed E-state index contributed by atoms with van der Waals surface area (Å²) in [6.07, 6.45) is 0.442. The van der Waals surface area contributed by atoms with Crippen LogP contribution in [-0.2, 0) is 9.53 Å². The van der Waals surface area contributed by atoms with Gasteiger partial charge < -0.3 is 20.3 Å². The SMILES string of the molecule is CC(C)N(C(=O)[C@H](C)N)[C@@H]1CCN(C(=O)OC(C)(C)C)C1. The third kappa shape index (κ3) is 4.88. The first-order valence-electron chi connectivity index (χ1n) is 7.58. The van der Waals surface area contributed by atoms with Crippen LogP contribution in [0.1, 0.15) is 48.0 Å². The number of hydrogen-bond donors (Lipinski definition) is 1. The number of amides is 2. The predicted molar refractivity (Wildman–Crippen MR) is 81.8 cm³/mol. The minimum Gasteiger partial charge on any atom is -0.444 e. The van der Waals surface area contributed by atoms with Crippen molar-refractivity contribution in [2.45, 2.75) is 71.7 Å². The van der Waals surface area contributed by atoms with Gasteiger partial charge in [0.05, 0.1) is 12.1 Å². The molecule has 1 saturated heterocycles. The summed E-state index contributed by atoms with van der Waals surface area (Å²) >= 11 is 0. The Labute approximate surface area is 127 Å². The molecule has 1 rings (SSSR count). The van der Waals surface area contributed by atoms with Gasteiger partial charge in [0.2, 0.25) is 5.91 Å². The molecule has 0 aromatic rings. The van der Waals surface area contributed by atoms with Crippen molar-refractivity contribution in [3.8, 4) is 0 Å². The molecule has 6 heteroatoms. The van der Waals surface area contributed by atoms with Crippen LogP contribution >= 0.6 is 0 Å². The third-order valence-corrected chi connectivity index (χ3v) is 3.41. The molecule has 1 heterocycles. The van der Waals surface area contributed by atoms with Crippen molar-refractivity contribution in [3.05, 3.63) is 0 Å². The van der Waals surface area contributed by atoms with E-state index in [-0.39, 0.29) is 24.1 Å². The normalized spacial score (nSPS) is 20.6. The van der Waals surface area contributed by atoms with Gasteiger partial charge in [-0.2, -0.15) is 0 Å². The van der Waals surface area contributed by atoms with E-state index in [1.165, 1.54) is 0 Å². The lowest BCUT2D eigenvalue weighted by Gasteiger charge is -2.34. The fraction of sp³-hybridized carbons (Fsp3) is 0.867. The summed E-state index contributed by atoms with van der Waals surface area (Å²) in [5.74, 6) is -0.0685. The van der Waals surface area contributed by atoms with E-state index in [1.807, 2.05) is 34.6 Å². The number of hydrogen-bond acceptors (Lipinski definition) is 4. The van der Waals surface area contributed by atoms with Gasteiger partial charge in [0.25, 0.3) is 0 Å². The van der Waals surface area contributed by atoms with Crippen molar-refractivity contribution in [2.24, 2.45) is 5.73 Å². The van der Waals surface area contributed by atoms with Crippen molar-refractivity contribution in [1.82, 2.24) is 9.80 Å². The summed E-state index contributed by atoms with van der Waals surface area (Å²) in [4.78, 5) is 27.8. The maximum Gasteiger partial charge on any atom is 0.410 e. The first-order chi connectivity index (χ1) is 9.53. The molecule has 0 aromatic heterocycles. The number of carbonyl (C=O) groups is 2. The van der Waals surface area contributed by atoms with Crippen LogP contribution in [-0.4, -0.2) is 58.6 Å². The van der Waals surface area contributed by atoms with Gasteiger partial charge in [-0.3, -0.25) is 4.79 Å². The van der Waals surface area contributed by atoms with Gasteiger partial charge in [0.1, 0.15) is 5.60 Å². The van der Waals surface area contributed by atoms with Gasteiger partial charge in [-0.15, -0.1) is 0 Å². The Morgan fingerprint density at radius 3 is 2.29 bits per heavy atom. The van der Waals surface area contributed by atoms with Crippen LogP contribution in [0, 0.1) is 0 Å². The van der Waals surface area contributed by atoms with Gasteiger partial charge in [0, 0.05) is 19.1 Å². The molecule has 0 saturated carbocycles. The molecule has 21 heavy (non-hydrogen) atoms. The predicted octanol–water partition coefficient (Wildman–Crippen LogP) is 1.58. The number of nitrogens with zero attached hydrogens (tertiary/aromatic N) is 2. The van der Waals surface area contributed by atoms with E-state index in [4.69, 9.17) is 10.5 Å². The lowest BCUT2D eigenvalue weighted by Crippen LogP contribution is -2.52.